The molecule has 0 fully saturated rings. The zero-order chi connectivity index (χ0) is 21.5. The molecule has 5 rings (SSSR count). The van der Waals surface area contributed by atoms with Crippen molar-refractivity contribution in [3.8, 4) is 0 Å². The summed E-state index contributed by atoms with van der Waals surface area (Å²) in [5.74, 6) is 0.629. The summed E-state index contributed by atoms with van der Waals surface area (Å²) >= 11 is 0. The highest BCUT2D eigenvalue weighted by Crippen LogP contribution is 2.39. The van der Waals surface area contributed by atoms with E-state index in [1.807, 2.05) is 75.4 Å². The lowest BCUT2D eigenvalue weighted by molar-refractivity contribution is -0.113. The van der Waals surface area contributed by atoms with Gasteiger partial charge in [0.2, 0.25) is 5.95 Å². The molecule has 0 spiro atoms. The van der Waals surface area contributed by atoms with Crippen LogP contribution in [0.25, 0.3) is 11.0 Å². The highest BCUT2D eigenvalue weighted by molar-refractivity contribution is 6.06. The number of nitrogens with one attached hydrogen (secondary N) is 2. The molecule has 1 atom stereocenters. The van der Waals surface area contributed by atoms with Gasteiger partial charge in [-0.15, -0.1) is 0 Å². The van der Waals surface area contributed by atoms with E-state index in [1.54, 1.807) is 0 Å². The van der Waals surface area contributed by atoms with Crippen molar-refractivity contribution in [2.24, 2.45) is 0 Å². The Bertz CT molecular complexity index is 1330. The number of hydrogen-bond donors (Lipinski definition) is 2. The second-order valence-electron chi connectivity index (χ2n) is 8.04. The number of amides is 1. The van der Waals surface area contributed by atoms with Crippen LogP contribution < -0.4 is 10.6 Å². The maximum Gasteiger partial charge on any atom is 0.255 e. The first-order valence-corrected chi connectivity index (χ1v) is 10.4. The van der Waals surface area contributed by atoms with Gasteiger partial charge in [-0.25, -0.2) is 4.98 Å². The SMILES string of the molecule is CC1=C(C(=O)Nc2ccc(C)cc2C)[C@@H](c2ccccc2)n2c(nc3ccccc32)N1. The summed E-state index contributed by atoms with van der Waals surface area (Å²) in [6.07, 6.45) is 0. The lowest BCUT2D eigenvalue weighted by Gasteiger charge is -2.30. The first kappa shape index (κ1) is 19.1. The Morgan fingerprint density at radius 3 is 2.48 bits per heavy atom. The highest BCUT2D eigenvalue weighted by Gasteiger charge is 2.34. The van der Waals surface area contributed by atoms with E-state index < -0.39 is 0 Å². The Hall–Kier alpha value is -3.86. The van der Waals surface area contributed by atoms with E-state index in [0.717, 1.165) is 39.5 Å². The second kappa shape index (κ2) is 7.43. The van der Waals surface area contributed by atoms with Gasteiger partial charge in [0.25, 0.3) is 5.91 Å². The molecule has 0 saturated carbocycles. The van der Waals surface area contributed by atoms with Gasteiger partial charge in [0.15, 0.2) is 0 Å². The van der Waals surface area contributed by atoms with Gasteiger partial charge < -0.3 is 10.6 Å². The van der Waals surface area contributed by atoms with E-state index in [4.69, 9.17) is 4.98 Å². The molecule has 5 nitrogen and oxygen atoms in total. The quantitative estimate of drug-likeness (QED) is 0.465. The summed E-state index contributed by atoms with van der Waals surface area (Å²) in [6, 6.07) is 23.9. The number of allylic oxidation sites excluding steroid dienone is 1. The molecule has 2 heterocycles. The molecule has 0 bridgehead atoms. The summed E-state index contributed by atoms with van der Waals surface area (Å²) in [5, 5.41) is 6.50. The summed E-state index contributed by atoms with van der Waals surface area (Å²) in [5.41, 5.74) is 7.45. The maximum atomic E-state index is 13.6. The van der Waals surface area contributed by atoms with Gasteiger partial charge in [-0.1, -0.05) is 60.2 Å². The molecule has 2 N–H and O–H groups in total. The third kappa shape index (κ3) is 3.28. The van der Waals surface area contributed by atoms with E-state index in [9.17, 15) is 4.79 Å². The predicted octanol–water partition coefficient (Wildman–Crippen LogP) is 5.58. The van der Waals surface area contributed by atoms with Crippen LogP contribution in [0.1, 0.15) is 29.7 Å². The predicted molar refractivity (Wildman–Crippen MR) is 125 cm³/mol. The van der Waals surface area contributed by atoms with Crippen molar-refractivity contribution in [2.75, 3.05) is 10.6 Å². The van der Waals surface area contributed by atoms with Crippen LogP contribution in [-0.2, 0) is 4.79 Å². The highest BCUT2D eigenvalue weighted by atomic mass is 16.1. The number of imidazole rings is 1. The normalized spacial score (nSPS) is 15.5. The Morgan fingerprint density at radius 1 is 0.968 bits per heavy atom. The first-order chi connectivity index (χ1) is 15.0. The van der Waals surface area contributed by atoms with Crippen molar-refractivity contribution in [3.63, 3.8) is 0 Å². The number of hydrogen-bond acceptors (Lipinski definition) is 3. The lowest BCUT2D eigenvalue weighted by atomic mass is 9.94. The Labute approximate surface area is 181 Å². The fourth-order valence-electron chi connectivity index (χ4n) is 4.35. The van der Waals surface area contributed by atoms with E-state index >= 15 is 0 Å². The Kier molecular flexibility index (Phi) is 4.59. The molecule has 1 aromatic heterocycles. The standard InChI is InChI=1S/C26H24N4O/c1-16-13-14-20(17(2)15-16)28-25(31)23-18(3)27-26-29-21-11-7-8-12-22(21)30(26)24(23)19-9-5-4-6-10-19/h4-15,24H,1-3H3,(H,27,29)(H,28,31)/t24-/m1/s1. The zero-order valence-corrected chi connectivity index (χ0v) is 17.8. The Morgan fingerprint density at radius 2 is 1.71 bits per heavy atom. The van der Waals surface area contributed by atoms with Crippen molar-refractivity contribution >= 4 is 28.6 Å². The largest absolute Gasteiger partial charge is 0.329 e. The molecule has 3 aromatic carbocycles. The van der Waals surface area contributed by atoms with Gasteiger partial charge in [0.1, 0.15) is 0 Å². The molecule has 0 saturated heterocycles. The minimum Gasteiger partial charge on any atom is -0.329 e. The third-order valence-corrected chi connectivity index (χ3v) is 5.82. The molecule has 1 aliphatic heterocycles. The van der Waals surface area contributed by atoms with Gasteiger partial charge in [-0.3, -0.25) is 9.36 Å². The molecule has 154 valence electrons. The number of nitrogens with zero attached hydrogens (tertiary/aromatic N) is 2. The van der Waals surface area contributed by atoms with E-state index in [2.05, 4.69) is 33.4 Å². The smallest absolute Gasteiger partial charge is 0.255 e. The van der Waals surface area contributed by atoms with Gasteiger partial charge in [0.05, 0.1) is 22.6 Å². The fraction of sp³-hybridized carbons (Fsp3) is 0.154. The van der Waals surface area contributed by atoms with E-state index in [0.29, 0.717) is 5.57 Å². The number of para-hydroxylation sites is 2. The van der Waals surface area contributed by atoms with Crippen LogP contribution in [0, 0.1) is 13.8 Å². The van der Waals surface area contributed by atoms with Crippen LogP contribution in [0.5, 0.6) is 0 Å². The molecule has 4 aromatic rings. The number of rotatable bonds is 3. The number of aryl methyl sites for hydroxylation is 2. The molecule has 5 heteroatoms. The van der Waals surface area contributed by atoms with Crippen LogP contribution >= 0.6 is 0 Å². The zero-order valence-electron chi connectivity index (χ0n) is 17.8. The van der Waals surface area contributed by atoms with E-state index in [-0.39, 0.29) is 11.9 Å². The molecule has 31 heavy (non-hydrogen) atoms. The first-order valence-electron chi connectivity index (χ1n) is 10.4. The number of anilines is 2. The van der Waals surface area contributed by atoms with Crippen molar-refractivity contribution in [1.29, 1.82) is 0 Å². The van der Waals surface area contributed by atoms with Crippen LogP contribution in [0.2, 0.25) is 0 Å². The van der Waals surface area contributed by atoms with Crippen LogP contribution in [0.4, 0.5) is 11.6 Å². The number of aromatic nitrogens is 2. The summed E-state index contributed by atoms with van der Waals surface area (Å²) in [6.45, 7) is 6.00. The van der Waals surface area contributed by atoms with Gasteiger partial charge in [0, 0.05) is 11.4 Å². The molecular formula is C26H24N4O. The number of fused-ring (bicyclic) bond motifs is 3. The van der Waals surface area contributed by atoms with Gasteiger partial charge >= 0.3 is 0 Å². The van der Waals surface area contributed by atoms with Crippen LogP contribution in [-0.4, -0.2) is 15.5 Å². The molecular weight excluding hydrogens is 384 g/mol. The van der Waals surface area contributed by atoms with Crippen molar-refractivity contribution < 1.29 is 4.79 Å². The average molecular weight is 409 g/mol. The fourth-order valence-corrected chi connectivity index (χ4v) is 4.35. The van der Waals surface area contributed by atoms with E-state index in [1.165, 1.54) is 5.56 Å². The average Bonchev–Trinajstić information content (AvgIpc) is 3.13. The lowest BCUT2D eigenvalue weighted by Crippen LogP contribution is -2.31. The second-order valence-corrected chi connectivity index (χ2v) is 8.04. The van der Waals surface area contributed by atoms with Crippen molar-refractivity contribution in [1.82, 2.24) is 9.55 Å². The molecule has 0 aliphatic carbocycles. The summed E-state index contributed by atoms with van der Waals surface area (Å²) in [7, 11) is 0. The third-order valence-electron chi connectivity index (χ3n) is 5.82. The molecule has 0 radical (unpaired) electrons. The maximum absolute atomic E-state index is 13.6. The van der Waals surface area contributed by atoms with Crippen molar-refractivity contribution in [2.45, 2.75) is 26.8 Å². The number of carbonyl (C=O) groups excluding carboxylic acids is 1. The summed E-state index contributed by atoms with van der Waals surface area (Å²) < 4.78 is 2.12. The molecule has 1 aliphatic rings. The minimum absolute atomic E-state index is 0.116. The topological polar surface area (TPSA) is 59.0 Å². The molecule has 0 unspecified atom stereocenters. The monoisotopic (exact) mass is 408 g/mol. The van der Waals surface area contributed by atoms with Crippen LogP contribution in [0.15, 0.2) is 84.1 Å². The number of carbonyl (C=O) groups is 1. The van der Waals surface area contributed by atoms with Crippen molar-refractivity contribution in [3.05, 3.63) is 101 Å². The van der Waals surface area contributed by atoms with Gasteiger partial charge in [-0.2, -0.15) is 0 Å². The number of benzene rings is 3. The summed E-state index contributed by atoms with van der Waals surface area (Å²) in [4.78, 5) is 18.4. The van der Waals surface area contributed by atoms with Gasteiger partial charge in [-0.05, 0) is 50.1 Å². The Balaban J connectivity index is 1.65. The van der Waals surface area contributed by atoms with Crippen LogP contribution in [0.3, 0.4) is 0 Å². The molecule has 1 amide bonds. The minimum atomic E-state index is -0.282.